The third kappa shape index (κ3) is 5.29. The van der Waals surface area contributed by atoms with E-state index in [0.29, 0.717) is 11.1 Å². The van der Waals surface area contributed by atoms with E-state index in [4.69, 9.17) is 0 Å². The average Bonchev–Trinajstić information content (AvgIpc) is 2.72. The second kappa shape index (κ2) is 9.15. The van der Waals surface area contributed by atoms with Crippen molar-refractivity contribution in [3.63, 3.8) is 0 Å². The topological polar surface area (TPSA) is 88.7 Å². The SMILES string of the molecule is Cn1cc(/C(CC(c2ccc(Br)cc2)c2ccc(F)cc2S(C)(=O)=O)=N/O)ccc1=O. The minimum atomic E-state index is -3.73. The monoisotopic (exact) mass is 506 g/mol. The van der Waals surface area contributed by atoms with Crippen molar-refractivity contribution in [3.05, 3.63) is 98.1 Å². The van der Waals surface area contributed by atoms with Crippen molar-refractivity contribution in [2.45, 2.75) is 17.2 Å². The first-order valence-electron chi connectivity index (χ1n) is 9.23. The molecule has 1 N–H and O–H groups in total. The van der Waals surface area contributed by atoms with Crippen LogP contribution in [0.3, 0.4) is 0 Å². The molecule has 31 heavy (non-hydrogen) atoms. The standard InChI is InChI=1S/C22H20BrFN2O4S/c1-26-13-15(5-10-22(26)27)20(25-28)12-19(14-3-6-16(23)7-4-14)18-9-8-17(24)11-21(18)31(2,29)30/h3-11,13,19,28H,12H2,1-2H3/b25-20+. The number of hydrogen-bond acceptors (Lipinski definition) is 5. The van der Waals surface area contributed by atoms with Crippen LogP contribution in [0.15, 0.2) is 80.1 Å². The number of oxime groups is 1. The average molecular weight is 507 g/mol. The first-order chi connectivity index (χ1) is 14.6. The quantitative estimate of drug-likeness (QED) is 0.309. The van der Waals surface area contributed by atoms with Crippen molar-refractivity contribution in [2.24, 2.45) is 12.2 Å². The molecule has 1 unspecified atom stereocenters. The Morgan fingerprint density at radius 2 is 1.84 bits per heavy atom. The van der Waals surface area contributed by atoms with Gasteiger partial charge in [-0.2, -0.15) is 0 Å². The summed E-state index contributed by atoms with van der Waals surface area (Å²) in [6.45, 7) is 0. The summed E-state index contributed by atoms with van der Waals surface area (Å²) in [5.74, 6) is -1.21. The summed E-state index contributed by atoms with van der Waals surface area (Å²) in [4.78, 5) is 11.6. The minimum absolute atomic E-state index is 0.116. The van der Waals surface area contributed by atoms with Crippen molar-refractivity contribution in [3.8, 4) is 0 Å². The highest BCUT2D eigenvalue weighted by Crippen LogP contribution is 2.35. The Bertz CT molecular complexity index is 1300. The van der Waals surface area contributed by atoms with E-state index in [-0.39, 0.29) is 22.6 Å². The lowest BCUT2D eigenvalue weighted by molar-refractivity contribution is 0.317. The predicted octanol–water partition coefficient (Wildman–Crippen LogP) is 4.09. The lowest BCUT2D eigenvalue weighted by Gasteiger charge is -2.21. The van der Waals surface area contributed by atoms with Gasteiger partial charge in [-0.3, -0.25) is 4.79 Å². The summed E-state index contributed by atoms with van der Waals surface area (Å²) in [5.41, 5.74) is 1.69. The summed E-state index contributed by atoms with van der Waals surface area (Å²) in [6, 6.07) is 13.8. The van der Waals surface area contributed by atoms with Gasteiger partial charge >= 0.3 is 0 Å². The smallest absolute Gasteiger partial charge is 0.250 e. The Kier molecular flexibility index (Phi) is 6.76. The van der Waals surface area contributed by atoms with Crippen LogP contribution in [0.1, 0.15) is 29.0 Å². The maximum atomic E-state index is 13.9. The Labute approximate surface area is 187 Å². The van der Waals surface area contributed by atoms with Crippen molar-refractivity contribution >= 4 is 31.5 Å². The molecule has 0 radical (unpaired) electrons. The Morgan fingerprint density at radius 1 is 1.16 bits per heavy atom. The second-order valence-electron chi connectivity index (χ2n) is 7.18. The van der Waals surface area contributed by atoms with Gasteiger partial charge in [-0.25, -0.2) is 12.8 Å². The molecule has 0 aliphatic heterocycles. The van der Waals surface area contributed by atoms with Crippen LogP contribution in [0, 0.1) is 5.82 Å². The molecule has 0 spiro atoms. The Balaban J connectivity index is 2.18. The molecule has 2 aromatic carbocycles. The molecule has 0 aliphatic rings. The Hall–Kier alpha value is -2.78. The molecule has 162 valence electrons. The number of pyridine rings is 1. The number of hydrogen-bond donors (Lipinski definition) is 1. The first-order valence-corrected chi connectivity index (χ1v) is 11.9. The summed E-state index contributed by atoms with van der Waals surface area (Å²) in [5, 5.41) is 13.1. The lowest BCUT2D eigenvalue weighted by Crippen LogP contribution is -2.19. The van der Waals surface area contributed by atoms with Crippen molar-refractivity contribution < 1.29 is 18.0 Å². The van der Waals surface area contributed by atoms with Gasteiger partial charge < -0.3 is 9.77 Å². The molecule has 1 aromatic heterocycles. The molecule has 0 fully saturated rings. The summed E-state index contributed by atoms with van der Waals surface area (Å²) >= 11 is 3.38. The maximum Gasteiger partial charge on any atom is 0.250 e. The van der Waals surface area contributed by atoms with Crippen molar-refractivity contribution in [1.29, 1.82) is 0 Å². The number of benzene rings is 2. The van der Waals surface area contributed by atoms with Gasteiger partial charge in [-0.1, -0.05) is 39.3 Å². The molecule has 3 aromatic rings. The van der Waals surface area contributed by atoms with Crippen LogP contribution in [0.2, 0.25) is 0 Å². The Morgan fingerprint density at radius 3 is 2.42 bits per heavy atom. The third-order valence-corrected chi connectivity index (χ3v) is 6.64. The number of halogens is 2. The molecule has 6 nitrogen and oxygen atoms in total. The number of sulfone groups is 1. The van der Waals surface area contributed by atoms with E-state index < -0.39 is 21.6 Å². The number of aromatic nitrogens is 1. The minimum Gasteiger partial charge on any atom is -0.411 e. The van der Waals surface area contributed by atoms with E-state index >= 15 is 0 Å². The summed E-state index contributed by atoms with van der Waals surface area (Å²) in [7, 11) is -2.16. The molecule has 1 atom stereocenters. The fourth-order valence-electron chi connectivity index (χ4n) is 3.39. The van der Waals surface area contributed by atoms with Gasteiger partial charge in [0.1, 0.15) is 5.82 Å². The molecular formula is C22H20BrFN2O4S. The zero-order chi connectivity index (χ0) is 22.8. The van der Waals surface area contributed by atoms with E-state index in [0.717, 1.165) is 22.4 Å². The molecule has 0 saturated heterocycles. The van der Waals surface area contributed by atoms with Crippen LogP contribution in [0.5, 0.6) is 0 Å². The molecule has 3 rings (SSSR count). The fraction of sp³-hybridized carbons (Fsp3) is 0.182. The maximum absolute atomic E-state index is 13.9. The zero-order valence-corrected chi connectivity index (χ0v) is 19.2. The summed E-state index contributed by atoms with van der Waals surface area (Å²) in [6.07, 6.45) is 2.68. The molecule has 0 amide bonds. The van der Waals surface area contributed by atoms with Crippen LogP contribution < -0.4 is 5.56 Å². The molecule has 1 heterocycles. The van der Waals surface area contributed by atoms with Gasteiger partial charge in [0, 0.05) is 47.9 Å². The molecular weight excluding hydrogens is 487 g/mol. The van der Waals surface area contributed by atoms with Gasteiger partial charge in [0.05, 0.1) is 10.6 Å². The molecule has 9 heteroatoms. The van der Waals surface area contributed by atoms with Crippen LogP contribution >= 0.6 is 15.9 Å². The highest BCUT2D eigenvalue weighted by atomic mass is 79.9. The van der Waals surface area contributed by atoms with E-state index in [1.165, 1.54) is 35.0 Å². The normalized spacial score (nSPS) is 13.2. The van der Waals surface area contributed by atoms with E-state index in [1.807, 2.05) is 24.3 Å². The van der Waals surface area contributed by atoms with Gasteiger partial charge in [-0.05, 0) is 41.5 Å². The first kappa shape index (κ1) is 22.9. The fourth-order valence-corrected chi connectivity index (χ4v) is 4.62. The molecule has 0 saturated carbocycles. The van der Waals surface area contributed by atoms with Gasteiger partial charge in [0.2, 0.25) is 5.56 Å². The molecule has 0 aliphatic carbocycles. The molecule has 0 bridgehead atoms. The largest absolute Gasteiger partial charge is 0.411 e. The third-order valence-electron chi connectivity index (χ3n) is 4.96. The zero-order valence-electron chi connectivity index (χ0n) is 16.8. The predicted molar refractivity (Wildman–Crippen MR) is 120 cm³/mol. The van der Waals surface area contributed by atoms with Gasteiger partial charge in [0.15, 0.2) is 9.84 Å². The summed E-state index contributed by atoms with van der Waals surface area (Å²) < 4.78 is 40.9. The van der Waals surface area contributed by atoms with Gasteiger partial charge in [0.25, 0.3) is 0 Å². The van der Waals surface area contributed by atoms with Gasteiger partial charge in [-0.15, -0.1) is 0 Å². The van der Waals surface area contributed by atoms with Crippen LogP contribution in [-0.4, -0.2) is 30.2 Å². The lowest BCUT2D eigenvalue weighted by atomic mass is 9.85. The number of rotatable bonds is 6. The number of nitrogens with zero attached hydrogens (tertiary/aromatic N) is 2. The van der Waals surface area contributed by atoms with E-state index in [2.05, 4.69) is 21.1 Å². The highest BCUT2D eigenvalue weighted by Gasteiger charge is 2.25. The van der Waals surface area contributed by atoms with Crippen LogP contribution in [0.4, 0.5) is 4.39 Å². The van der Waals surface area contributed by atoms with E-state index in [9.17, 15) is 22.8 Å². The van der Waals surface area contributed by atoms with Crippen LogP contribution in [0.25, 0.3) is 0 Å². The highest BCUT2D eigenvalue weighted by molar-refractivity contribution is 9.10. The second-order valence-corrected chi connectivity index (χ2v) is 10.1. The van der Waals surface area contributed by atoms with Crippen LogP contribution in [-0.2, 0) is 16.9 Å². The van der Waals surface area contributed by atoms with Crippen molar-refractivity contribution in [1.82, 2.24) is 4.57 Å². The number of aryl methyl sites for hydroxylation is 1. The van der Waals surface area contributed by atoms with E-state index in [1.54, 1.807) is 7.05 Å². The van der Waals surface area contributed by atoms with Crippen molar-refractivity contribution in [2.75, 3.05) is 6.26 Å².